The Kier molecular flexibility index (Phi) is 5.73. The number of thiazole rings is 1. The zero-order valence-electron chi connectivity index (χ0n) is 15.0. The predicted octanol–water partition coefficient (Wildman–Crippen LogP) is 3.53. The zero-order valence-corrected chi connectivity index (χ0v) is 16.6. The first-order valence-corrected chi connectivity index (χ1v) is 10.1. The number of fused-ring (bicyclic) bond motifs is 1. The molecule has 28 heavy (non-hydrogen) atoms. The Balaban J connectivity index is 1.30. The van der Waals surface area contributed by atoms with Crippen LogP contribution in [0, 0.1) is 0 Å². The number of aromatic nitrogens is 2. The first-order valence-electron chi connectivity index (χ1n) is 8.88. The fourth-order valence-electron chi connectivity index (χ4n) is 2.89. The number of carbonyl (C=O) groups is 1. The number of hydrogen-bond acceptors (Lipinski definition) is 6. The highest BCUT2D eigenvalue weighted by molar-refractivity contribution is 7.13. The third-order valence-corrected chi connectivity index (χ3v) is 5.42. The average molecular weight is 416 g/mol. The number of hydrogen-bond donors (Lipinski definition) is 1. The van der Waals surface area contributed by atoms with E-state index in [9.17, 15) is 4.79 Å². The molecule has 0 saturated carbocycles. The van der Waals surface area contributed by atoms with Gasteiger partial charge in [0.25, 0.3) is 0 Å². The second kappa shape index (κ2) is 8.58. The third kappa shape index (κ3) is 4.43. The molecule has 0 atom stereocenters. The number of pyridine rings is 1. The van der Waals surface area contributed by atoms with E-state index in [1.807, 2.05) is 29.6 Å². The largest absolute Gasteiger partial charge is 0.486 e. The van der Waals surface area contributed by atoms with Gasteiger partial charge < -0.3 is 14.8 Å². The number of ether oxygens (including phenoxy) is 2. The Morgan fingerprint density at radius 2 is 2.18 bits per heavy atom. The van der Waals surface area contributed by atoms with Crippen LogP contribution >= 0.6 is 22.9 Å². The lowest BCUT2D eigenvalue weighted by molar-refractivity contribution is -0.120. The summed E-state index contributed by atoms with van der Waals surface area (Å²) in [6.45, 7) is 1.52. The lowest BCUT2D eigenvalue weighted by Crippen LogP contribution is -2.27. The SMILES string of the molecule is O=C(Cc1csc(-c2cccnc2)n1)NCCc1cc(Cl)c2c(c1)OCCO2. The molecule has 0 aliphatic carbocycles. The van der Waals surface area contributed by atoms with E-state index in [1.54, 1.807) is 12.4 Å². The lowest BCUT2D eigenvalue weighted by atomic mass is 10.1. The van der Waals surface area contributed by atoms with Crippen molar-refractivity contribution in [1.29, 1.82) is 0 Å². The summed E-state index contributed by atoms with van der Waals surface area (Å²) in [5.41, 5.74) is 2.69. The standard InChI is InChI=1S/C20H18ClN3O3S/c21-16-8-13(9-17-19(16)27-7-6-26-17)3-5-23-18(25)10-15-12-28-20(24-15)14-2-1-4-22-11-14/h1-2,4,8-9,11-12H,3,5-7,10H2,(H,23,25). The van der Waals surface area contributed by atoms with Gasteiger partial charge in [-0.1, -0.05) is 11.6 Å². The Morgan fingerprint density at radius 3 is 3.04 bits per heavy atom. The minimum absolute atomic E-state index is 0.0633. The van der Waals surface area contributed by atoms with Gasteiger partial charge in [0.1, 0.15) is 18.2 Å². The van der Waals surface area contributed by atoms with Crippen molar-refractivity contribution in [3.05, 3.63) is 58.3 Å². The molecule has 3 aromatic rings. The van der Waals surface area contributed by atoms with Gasteiger partial charge in [0.2, 0.25) is 5.91 Å². The molecular weight excluding hydrogens is 398 g/mol. The van der Waals surface area contributed by atoms with Crippen molar-refractivity contribution in [2.24, 2.45) is 0 Å². The summed E-state index contributed by atoms with van der Waals surface area (Å²) in [4.78, 5) is 20.8. The number of carbonyl (C=O) groups excluding carboxylic acids is 1. The van der Waals surface area contributed by atoms with Crippen LogP contribution in [0.1, 0.15) is 11.3 Å². The van der Waals surface area contributed by atoms with Gasteiger partial charge in [-0.15, -0.1) is 11.3 Å². The molecule has 1 aromatic carbocycles. The molecule has 0 bridgehead atoms. The molecule has 2 aromatic heterocycles. The first kappa shape index (κ1) is 18.7. The van der Waals surface area contributed by atoms with Crippen LogP contribution in [-0.4, -0.2) is 35.6 Å². The maximum atomic E-state index is 12.2. The van der Waals surface area contributed by atoms with Crippen molar-refractivity contribution in [3.63, 3.8) is 0 Å². The number of benzene rings is 1. The minimum Gasteiger partial charge on any atom is -0.486 e. The van der Waals surface area contributed by atoms with Crippen molar-refractivity contribution in [2.75, 3.05) is 19.8 Å². The van der Waals surface area contributed by atoms with Crippen LogP contribution in [0.15, 0.2) is 42.0 Å². The van der Waals surface area contributed by atoms with E-state index in [-0.39, 0.29) is 12.3 Å². The number of nitrogens with zero attached hydrogens (tertiary/aromatic N) is 2. The number of nitrogens with one attached hydrogen (secondary N) is 1. The van der Waals surface area contributed by atoms with E-state index in [0.29, 0.717) is 42.7 Å². The van der Waals surface area contributed by atoms with Gasteiger partial charge in [0.15, 0.2) is 11.5 Å². The van der Waals surface area contributed by atoms with Gasteiger partial charge >= 0.3 is 0 Å². The highest BCUT2D eigenvalue weighted by atomic mass is 35.5. The van der Waals surface area contributed by atoms with E-state index < -0.39 is 0 Å². The molecule has 6 nitrogen and oxygen atoms in total. The van der Waals surface area contributed by atoms with Crippen molar-refractivity contribution in [1.82, 2.24) is 15.3 Å². The molecule has 3 heterocycles. The molecule has 4 rings (SSSR count). The van der Waals surface area contributed by atoms with E-state index in [4.69, 9.17) is 21.1 Å². The third-order valence-electron chi connectivity index (χ3n) is 4.19. The van der Waals surface area contributed by atoms with Crippen LogP contribution < -0.4 is 14.8 Å². The quantitative estimate of drug-likeness (QED) is 0.666. The van der Waals surface area contributed by atoms with Crippen LogP contribution in [0.5, 0.6) is 11.5 Å². The van der Waals surface area contributed by atoms with Crippen LogP contribution in [0.2, 0.25) is 5.02 Å². The predicted molar refractivity (Wildman–Crippen MR) is 108 cm³/mol. The van der Waals surface area contributed by atoms with Gasteiger partial charge in [-0.05, 0) is 36.2 Å². The van der Waals surface area contributed by atoms with Crippen LogP contribution in [0.3, 0.4) is 0 Å². The monoisotopic (exact) mass is 415 g/mol. The Morgan fingerprint density at radius 1 is 1.29 bits per heavy atom. The maximum Gasteiger partial charge on any atom is 0.226 e. The normalized spacial score (nSPS) is 12.6. The number of rotatable bonds is 6. The average Bonchev–Trinajstić information content (AvgIpc) is 3.17. The molecule has 1 amide bonds. The van der Waals surface area contributed by atoms with E-state index in [0.717, 1.165) is 21.8 Å². The summed E-state index contributed by atoms with van der Waals surface area (Å²) in [5, 5.41) is 6.23. The summed E-state index contributed by atoms with van der Waals surface area (Å²) in [6.07, 6.45) is 4.39. The summed E-state index contributed by atoms with van der Waals surface area (Å²) in [7, 11) is 0. The van der Waals surface area contributed by atoms with Gasteiger partial charge in [0.05, 0.1) is 17.1 Å². The molecule has 0 unspecified atom stereocenters. The molecule has 144 valence electrons. The van der Waals surface area contributed by atoms with Crippen molar-refractivity contribution >= 4 is 28.8 Å². The molecule has 0 fully saturated rings. The highest BCUT2D eigenvalue weighted by Crippen LogP contribution is 2.38. The molecule has 0 spiro atoms. The Labute approximate surface area is 171 Å². The molecule has 0 radical (unpaired) electrons. The fraction of sp³-hybridized carbons (Fsp3) is 0.250. The summed E-state index contributed by atoms with van der Waals surface area (Å²) < 4.78 is 11.1. The van der Waals surface area contributed by atoms with Crippen molar-refractivity contribution < 1.29 is 14.3 Å². The topological polar surface area (TPSA) is 73.3 Å². The van der Waals surface area contributed by atoms with Crippen molar-refractivity contribution in [3.8, 4) is 22.1 Å². The second-order valence-corrected chi connectivity index (χ2v) is 7.53. The Hall–Kier alpha value is -2.64. The summed E-state index contributed by atoms with van der Waals surface area (Å²) in [6, 6.07) is 7.58. The van der Waals surface area contributed by atoms with Crippen molar-refractivity contribution in [2.45, 2.75) is 12.8 Å². The first-order chi connectivity index (χ1) is 13.7. The van der Waals surface area contributed by atoms with Crippen LogP contribution in [-0.2, 0) is 17.6 Å². The highest BCUT2D eigenvalue weighted by Gasteiger charge is 2.16. The van der Waals surface area contributed by atoms with E-state index in [2.05, 4.69) is 15.3 Å². The van der Waals surface area contributed by atoms with Crippen LogP contribution in [0.25, 0.3) is 10.6 Å². The zero-order chi connectivity index (χ0) is 19.3. The van der Waals surface area contributed by atoms with Gasteiger partial charge in [0, 0.05) is 29.9 Å². The molecule has 1 aliphatic rings. The molecule has 8 heteroatoms. The molecule has 1 N–H and O–H groups in total. The Bertz CT molecular complexity index is 978. The summed E-state index contributed by atoms with van der Waals surface area (Å²) >= 11 is 7.75. The molecular formula is C20H18ClN3O3S. The molecule has 0 saturated heterocycles. The van der Waals surface area contributed by atoms with E-state index in [1.165, 1.54) is 11.3 Å². The fourth-order valence-corrected chi connectivity index (χ4v) is 3.99. The van der Waals surface area contributed by atoms with Gasteiger partial charge in [-0.25, -0.2) is 4.98 Å². The molecule has 1 aliphatic heterocycles. The number of amides is 1. The maximum absolute atomic E-state index is 12.2. The van der Waals surface area contributed by atoms with E-state index >= 15 is 0 Å². The number of halogens is 1. The lowest BCUT2D eigenvalue weighted by Gasteiger charge is -2.20. The minimum atomic E-state index is -0.0633. The van der Waals surface area contributed by atoms with Gasteiger partial charge in [-0.3, -0.25) is 9.78 Å². The summed E-state index contributed by atoms with van der Waals surface area (Å²) in [5.74, 6) is 1.19. The second-order valence-electron chi connectivity index (χ2n) is 6.26. The van der Waals surface area contributed by atoms with Crippen LogP contribution in [0.4, 0.5) is 0 Å². The van der Waals surface area contributed by atoms with Gasteiger partial charge in [-0.2, -0.15) is 0 Å². The smallest absolute Gasteiger partial charge is 0.226 e.